The van der Waals surface area contributed by atoms with Crippen molar-refractivity contribution < 1.29 is 9.53 Å². The van der Waals surface area contributed by atoms with Crippen molar-refractivity contribution in [2.75, 3.05) is 38.2 Å². The summed E-state index contributed by atoms with van der Waals surface area (Å²) in [6, 6.07) is 8.59. The van der Waals surface area contributed by atoms with Crippen LogP contribution in [0.1, 0.15) is 61.3 Å². The number of rotatable bonds is 7. The van der Waals surface area contributed by atoms with Gasteiger partial charge in [-0.2, -0.15) is 0 Å². The summed E-state index contributed by atoms with van der Waals surface area (Å²) in [5.74, 6) is 2.29. The maximum Gasteiger partial charge on any atom is 0.219 e. The van der Waals surface area contributed by atoms with Crippen LogP contribution < -0.4 is 4.90 Å². The maximum absolute atomic E-state index is 11.8. The molecule has 6 nitrogen and oxygen atoms in total. The molecule has 2 aromatic rings. The molecule has 1 aromatic carbocycles. The highest BCUT2D eigenvalue weighted by Crippen LogP contribution is 2.29. The lowest BCUT2D eigenvalue weighted by molar-refractivity contribution is -0.129. The SMILES string of the molecule is CC[C@H](C)c1nc(COC)c(Cc2cccc(C)c2)c(N2CCN(C(C)=O)CC2)n1. The molecular weight excluding hydrogens is 376 g/mol. The summed E-state index contributed by atoms with van der Waals surface area (Å²) >= 11 is 0. The van der Waals surface area contributed by atoms with Crippen molar-refractivity contribution in [3.8, 4) is 0 Å². The van der Waals surface area contributed by atoms with Crippen LogP contribution >= 0.6 is 0 Å². The highest BCUT2D eigenvalue weighted by Gasteiger charge is 2.25. The standard InChI is InChI=1S/C24H34N4O2/c1-6-18(3)23-25-22(16-30-5)21(15-20-9-7-8-17(2)14-20)24(26-23)28-12-10-27(11-13-28)19(4)29/h7-9,14,18H,6,10-13,15-16H2,1-5H3/t18-/m0/s1. The normalized spacial score (nSPS) is 15.4. The first kappa shape index (κ1) is 22.2. The molecule has 6 heteroatoms. The lowest BCUT2D eigenvalue weighted by Gasteiger charge is -2.36. The Kier molecular flexibility index (Phi) is 7.43. The average molecular weight is 411 g/mol. The number of aromatic nitrogens is 2. The molecule has 0 aliphatic carbocycles. The molecule has 3 rings (SSSR count). The molecule has 1 aliphatic heterocycles. The van der Waals surface area contributed by atoms with Crippen LogP contribution in [0.2, 0.25) is 0 Å². The highest BCUT2D eigenvalue weighted by molar-refractivity contribution is 5.73. The zero-order chi connectivity index (χ0) is 21.7. The summed E-state index contributed by atoms with van der Waals surface area (Å²) in [5.41, 5.74) is 4.59. The van der Waals surface area contributed by atoms with E-state index in [1.54, 1.807) is 14.0 Å². The number of carbonyl (C=O) groups excluding carboxylic acids is 1. The molecule has 0 unspecified atom stereocenters. The Morgan fingerprint density at radius 3 is 2.53 bits per heavy atom. The second-order valence-corrected chi connectivity index (χ2v) is 8.23. The van der Waals surface area contributed by atoms with Crippen LogP contribution in [0.4, 0.5) is 5.82 Å². The number of ether oxygens (including phenoxy) is 1. The topological polar surface area (TPSA) is 58.6 Å². The van der Waals surface area contributed by atoms with Crippen molar-refractivity contribution in [3.63, 3.8) is 0 Å². The summed E-state index contributed by atoms with van der Waals surface area (Å²) in [6.07, 6.45) is 1.75. The molecule has 1 saturated heterocycles. The van der Waals surface area contributed by atoms with Gasteiger partial charge in [0.2, 0.25) is 5.91 Å². The van der Waals surface area contributed by atoms with E-state index >= 15 is 0 Å². The number of carbonyl (C=O) groups is 1. The number of hydrogen-bond acceptors (Lipinski definition) is 5. The molecule has 30 heavy (non-hydrogen) atoms. The van der Waals surface area contributed by atoms with Gasteiger partial charge in [0.05, 0.1) is 12.3 Å². The number of benzene rings is 1. The second-order valence-electron chi connectivity index (χ2n) is 8.23. The van der Waals surface area contributed by atoms with E-state index in [0.717, 1.165) is 61.9 Å². The molecule has 1 fully saturated rings. The summed E-state index contributed by atoms with van der Waals surface area (Å²) in [5, 5.41) is 0. The third-order valence-electron chi connectivity index (χ3n) is 5.91. The van der Waals surface area contributed by atoms with E-state index in [4.69, 9.17) is 14.7 Å². The third kappa shape index (κ3) is 5.17. The number of hydrogen-bond donors (Lipinski definition) is 0. The molecule has 162 valence electrons. The van der Waals surface area contributed by atoms with Gasteiger partial charge in [-0.25, -0.2) is 9.97 Å². The predicted molar refractivity (Wildman–Crippen MR) is 120 cm³/mol. The van der Waals surface area contributed by atoms with Crippen molar-refractivity contribution >= 4 is 11.7 Å². The molecule has 1 amide bonds. The average Bonchev–Trinajstić information content (AvgIpc) is 2.74. The van der Waals surface area contributed by atoms with Crippen molar-refractivity contribution in [2.45, 2.75) is 53.1 Å². The van der Waals surface area contributed by atoms with Crippen molar-refractivity contribution in [1.82, 2.24) is 14.9 Å². The molecule has 0 bridgehead atoms. The third-order valence-corrected chi connectivity index (χ3v) is 5.91. The van der Waals surface area contributed by atoms with Crippen molar-refractivity contribution in [2.24, 2.45) is 0 Å². The first-order valence-corrected chi connectivity index (χ1v) is 10.9. The minimum absolute atomic E-state index is 0.137. The number of methoxy groups -OCH3 is 1. The predicted octanol–water partition coefficient (Wildman–Crippen LogP) is 3.70. The molecule has 0 radical (unpaired) electrons. The van der Waals surface area contributed by atoms with Gasteiger partial charge in [-0.3, -0.25) is 4.79 Å². The van der Waals surface area contributed by atoms with Gasteiger partial charge in [0.1, 0.15) is 11.6 Å². The summed E-state index contributed by atoms with van der Waals surface area (Å²) < 4.78 is 5.53. The van der Waals surface area contributed by atoms with Crippen LogP contribution in [0.3, 0.4) is 0 Å². The molecule has 1 aliphatic rings. The molecule has 1 atom stereocenters. The monoisotopic (exact) mass is 410 g/mol. The lowest BCUT2D eigenvalue weighted by atomic mass is 10.0. The fourth-order valence-electron chi connectivity index (χ4n) is 3.90. The Labute approximate surface area is 180 Å². The van der Waals surface area contributed by atoms with Crippen LogP contribution in [0.15, 0.2) is 24.3 Å². The summed E-state index contributed by atoms with van der Waals surface area (Å²) in [6.45, 7) is 11.6. The van der Waals surface area contributed by atoms with Crippen LogP contribution in [-0.4, -0.2) is 54.1 Å². The van der Waals surface area contributed by atoms with E-state index in [0.29, 0.717) is 6.61 Å². The number of nitrogens with zero attached hydrogens (tertiary/aromatic N) is 4. The van der Waals surface area contributed by atoms with Gasteiger partial charge < -0.3 is 14.5 Å². The van der Waals surface area contributed by atoms with Gasteiger partial charge in [0.15, 0.2) is 0 Å². The van der Waals surface area contributed by atoms with E-state index in [2.05, 4.69) is 49.9 Å². The zero-order valence-corrected chi connectivity index (χ0v) is 18.9. The fraction of sp³-hybridized carbons (Fsp3) is 0.542. The van der Waals surface area contributed by atoms with E-state index in [1.165, 1.54) is 11.1 Å². The van der Waals surface area contributed by atoms with Gasteiger partial charge in [-0.15, -0.1) is 0 Å². The van der Waals surface area contributed by atoms with Crippen LogP contribution in [-0.2, 0) is 22.6 Å². The van der Waals surface area contributed by atoms with E-state index < -0.39 is 0 Å². The van der Waals surface area contributed by atoms with Crippen molar-refractivity contribution in [1.29, 1.82) is 0 Å². The summed E-state index contributed by atoms with van der Waals surface area (Å²) in [4.78, 5) is 26.0. The number of amides is 1. The Morgan fingerprint density at radius 2 is 1.93 bits per heavy atom. The van der Waals surface area contributed by atoms with Crippen molar-refractivity contribution in [3.05, 3.63) is 52.5 Å². The van der Waals surface area contributed by atoms with Gasteiger partial charge in [0, 0.05) is 58.1 Å². The molecular formula is C24H34N4O2. The first-order chi connectivity index (χ1) is 14.4. The van der Waals surface area contributed by atoms with Crippen LogP contribution in [0, 0.1) is 6.92 Å². The van der Waals surface area contributed by atoms with E-state index in [1.807, 2.05) is 4.90 Å². The van der Waals surface area contributed by atoms with Crippen LogP contribution in [0.25, 0.3) is 0 Å². The molecule has 2 heterocycles. The Morgan fingerprint density at radius 1 is 1.20 bits per heavy atom. The van der Waals surface area contributed by atoms with Gasteiger partial charge in [-0.1, -0.05) is 43.7 Å². The van der Waals surface area contributed by atoms with Gasteiger partial charge in [0.25, 0.3) is 0 Å². The number of anilines is 1. The minimum Gasteiger partial charge on any atom is -0.378 e. The zero-order valence-electron chi connectivity index (χ0n) is 18.9. The number of aryl methyl sites for hydroxylation is 1. The lowest BCUT2D eigenvalue weighted by Crippen LogP contribution is -2.48. The largest absolute Gasteiger partial charge is 0.378 e. The quantitative estimate of drug-likeness (QED) is 0.697. The smallest absolute Gasteiger partial charge is 0.219 e. The Balaban J connectivity index is 2.03. The van der Waals surface area contributed by atoms with E-state index in [9.17, 15) is 4.79 Å². The maximum atomic E-state index is 11.8. The summed E-state index contributed by atoms with van der Waals surface area (Å²) in [7, 11) is 1.72. The number of piperazine rings is 1. The van der Waals surface area contributed by atoms with Gasteiger partial charge >= 0.3 is 0 Å². The molecule has 1 aromatic heterocycles. The van der Waals surface area contributed by atoms with E-state index in [-0.39, 0.29) is 11.8 Å². The van der Waals surface area contributed by atoms with Crippen LogP contribution in [0.5, 0.6) is 0 Å². The van der Waals surface area contributed by atoms with Gasteiger partial charge in [-0.05, 0) is 18.9 Å². The highest BCUT2D eigenvalue weighted by atomic mass is 16.5. The minimum atomic E-state index is 0.137. The molecule has 0 saturated carbocycles. The second kappa shape index (κ2) is 10.0. The Hall–Kier alpha value is -2.47. The molecule has 0 N–H and O–H groups in total. The fourth-order valence-corrected chi connectivity index (χ4v) is 3.90. The first-order valence-electron chi connectivity index (χ1n) is 10.9. The molecule has 0 spiro atoms. The Bertz CT molecular complexity index is 876.